The van der Waals surface area contributed by atoms with Crippen LogP contribution in [0.25, 0.3) is 0 Å². The summed E-state index contributed by atoms with van der Waals surface area (Å²) in [6.45, 7) is 8.33. The third kappa shape index (κ3) is 9.36. The van der Waals surface area contributed by atoms with Gasteiger partial charge in [0.15, 0.2) is 0 Å². The third-order valence-corrected chi connectivity index (χ3v) is 3.48. The number of benzene rings is 1. The summed E-state index contributed by atoms with van der Waals surface area (Å²) in [5, 5.41) is 2.77. The summed E-state index contributed by atoms with van der Waals surface area (Å²) in [5.74, 6) is 0.935. The van der Waals surface area contributed by atoms with Crippen LogP contribution >= 0.6 is 0 Å². The molecule has 0 radical (unpaired) electrons. The van der Waals surface area contributed by atoms with Crippen molar-refractivity contribution >= 4 is 6.09 Å². The first-order chi connectivity index (χ1) is 12.1. The first-order valence-electron chi connectivity index (χ1n) is 8.79. The molecule has 3 nitrogen and oxygen atoms in total. The van der Waals surface area contributed by atoms with Crippen molar-refractivity contribution in [2.24, 2.45) is 0 Å². The van der Waals surface area contributed by atoms with Crippen molar-refractivity contribution in [1.82, 2.24) is 5.32 Å². The molecule has 1 aromatic rings. The van der Waals surface area contributed by atoms with E-state index in [9.17, 15) is 4.79 Å². The normalized spacial score (nSPS) is 11.6. The number of rotatable bonds is 10. The lowest BCUT2D eigenvalue weighted by molar-refractivity contribution is 0.200. The molecule has 134 valence electrons. The van der Waals surface area contributed by atoms with Crippen LogP contribution in [0.15, 0.2) is 73.4 Å². The molecule has 0 aliphatic carbocycles. The van der Waals surface area contributed by atoms with Gasteiger partial charge in [0.2, 0.25) is 0 Å². The monoisotopic (exact) mass is 339 g/mol. The van der Waals surface area contributed by atoms with E-state index in [2.05, 4.69) is 37.9 Å². The fraction of sp³-hybridized carbons (Fsp3) is 0.318. The van der Waals surface area contributed by atoms with Gasteiger partial charge >= 0.3 is 6.09 Å². The zero-order valence-electron chi connectivity index (χ0n) is 15.3. The number of nitrogens with one attached hydrogen (secondary N) is 1. The topological polar surface area (TPSA) is 38.3 Å². The number of para-hydroxylation sites is 1. The lowest BCUT2D eigenvalue weighted by Gasteiger charge is -2.12. The summed E-state index contributed by atoms with van der Waals surface area (Å²) in [4.78, 5) is 11.9. The Morgan fingerprint density at radius 1 is 1.08 bits per heavy atom. The molecule has 1 N–H and O–H groups in total. The van der Waals surface area contributed by atoms with E-state index in [1.54, 1.807) is 6.08 Å². The summed E-state index contributed by atoms with van der Waals surface area (Å²) in [7, 11) is 0. The van der Waals surface area contributed by atoms with Gasteiger partial charge in [0.05, 0.1) is 0 Å². The zero-order chi connectivity index (χ0) is 18.3. The Morgan fingerprint density at radius 2 is 1.72 bits per heavy atom. The van der Waals surface area contributed by atoms with Gasteiger partial charge < -0.3 is 10.1 Å². The number of amides is 1. The largest absolute Gasteiger partial charge is 0.412 e. The first kappa shape index (κ1) is 20.5. The number of hydrogen-bond donors (Lipinski definition) is 1. The van der Waals surface area contributed by atoms with Gasteiger partial charge in [-0.1, -0.05) is 81.2 Å². The Morgan fingerprint density at radius 3 is 2.40 bits per heavy atom. The number of unbranched alkanes of at least 4 members (excludes halogenated alkanes) is 1. The average molecular weight is 339 g/mol. The molecule has 3 heteroatoms. The van der Waals surface area contributed by atoms with Crippen molar-refractivity contribution in [3.05, 3.63) is 78.9 Å². The number of hydrogen-bond acceptors (Lipinski definition) is 2. The van der Waals surface area contributed by atoms with Crippen LogP contribution in [0.2, 0.25) is 0 Å². The molecule has 0 aliphatic heterocycles. The summed E-state index contributed by atoms with van der Waals surface area (Å²) < 4.78 is 5.40. The minimum atomic E-state index is -0.411. The minimum absolute atomic E-state index is 0.311. The average Bonchev–Trinajstić information content (AvgIpc) is 2.60. The Bertz CT molecular complexity index is 612. The molecule has 0 atom stereocenters. The number of carbonyl (C=O) groups is 1. The summed E-state index contributed by atoms with van der Waals surface area (Å²) in [6.07, 6.45) is 16.4. The highest BCUT2D eigenvalue weighted by Crippen LogP contribution is 2.25. The Balaban J connectivity index is 2.23. The van der Waals surface area contributed by atoms with Crippen LogP contribution < -0.4 is 10.1 Å². The highest BCUT2D eigenvalue weighted by atomic mass is 16.6. The maximum atomic E-state index is 11.9. The van der Waals surface area contributed by atoms with Gasteiger partial charge in [0.25, 0.3) is 0 Å². The van der Waals surface area contributed by atoms with E-state index in [1.807, 2.05) is 48.6 Å². The number of carbonyl (C=O) groups excluding carboxylic acids is 1. The molecule has 0 unspecified atom stereocenters. The fourth-order valence-corrected chi connectivity index (χ4v) is 2.18. The molecule has 0 bridgehead atoms. The van der Waals surface area contributed by atoms with Gasteiger partial charge in [0, 0.05) is 6.54 Å². The molecular formula is C22H29NO2. The molecule has 1 amide bonds. The Kier molecular flexibility index (Phi) is 10.5. The van der Waals surface area contributed by atoms with E-state index >= 15 is 0 Å². The first-order valence-corrected chi connectivity index (χ1v) is 8.79. The van der Waals surface area contributed by atoms with E-state index in [0.29, 0.717) is 18.2 Å². The van der Waals surface area contributed by atoms with Crippen molar-refractivity contribution in [3.8, 4) is 5.75 Å². The van der Waals surface area contributed by atoms with E-state index in [-0.39, 0.29) is 0 Å². The van der Waals surface area contributed by atoms with Crippen molar-refractivity contribution in [2.45, 2.75) is 39.0 Å². The molecule has 0 fully saturated rings. The van der Waals surface area contributed by atoms with Gasteiger partial charge in [-0.2, -0.15) is 0 Å². The quantitative estimate of drug-likeness (QED) is 0.424. The van der Waals surface area contributed by atoms with Gasteiger partial charge in [0.1, 0.15) is 5.75 Å². The maximum Gasteiger partial charge on any atom is 0.412 e. The molecule has 1 rings (SSSR count). The fourth-order valence-electron chi connectivity index (χ4n) is 2.18. The predicted molar refractivity (Wildman–Crippen MR) is 106 cm³/mol. The number of ether oxygens (including phenoxy) is 1. The predicted octanol–water partition coefficient (Wildman–Crippen LogP) is 5.92. The maximum absolute atomic E-state index is 11.9. The minimum Gasteiger partial charge on any atom is -0.410 e. The SMILES string of the molecule is C=C/C=C/CC/C=C/C=C/CCNC(=O)Oc1ccccc1C(C)C. The number of allylic oxidation sites excluding steroid dienone is 6. The molecule has 1 aromatic carbocycles. The van der Waals surface area contributed by atoms with Crippen LogP contribution in [0.1, 0.15) is 44.6 Å². The molecular weight excluding hydrogens is 310 g/mol. The molecule has 0 saturated carbocycles. The van der Waals surface area contributed by atoms with Crippen LogP contribution in [0.4, 0.5) is 4.79 Å². The molecule has 0 spiro atoms. The molecule has 0 aromatic heterocycles. The van der Waals surface area contributed by atoms with E-state index < -0.39 is 6.09 Å². The van der Waals surface area contributed by atoms with E-state index in [1.165, 1.54) is 0 Å². The lowest BCUT2D eigenvalue weighted by atomic mass is 10.0. The molecule has 0 heterocycles. The second-order valence-corrected chi connectivity index (χ2v) is 5.90. The van der Waals surface area contributed by atoms with E-state index in [0.717, 1.165) is 24.8 Å². The Hall–Kier alpha value is -2.55. The van der Waals surface area contributed by atoms with Gasteiger partial charge in [-0.3, -0.25) is 0 Å². The standard InChI is InChI=1S/C22H29NO2/c1-4-5-6-7-8-9-10-11-12-15-18-23-22(24)25-21-17-14-13-16-20(21)19(2)3/h4-6,9-14,16-17,19H,1,7-8,15,18H2,2-3H3,(H,23,24)/b6-5+,10-9+,12-11+. The van der Waals surface area contributed by atoms with Crippen LogP contribution in [-0.4, -0.2) is 12.6 Å². The van der Waals surface area contributed by atoms with Gasteiger partial charge in [-0.25, -0.2) is 4.79 Å². The van der Waals surface area contributed by atoms with Gasteiger partial charge in [-0.15, -0.1) is 0 Å². The highest BCUT2D eigenvalue weighted by Gasteiger charge is 2.10. The smallest absolute Gasteiger partial charge is 0.410 e. The van der Waals surface area contributed by atoms with Crippen molar-refractivity contribution in [1.29, 1.82) is 0 Å². The second kappa shape index (κ2) is 12.8. The Labute approximate surface area is 151 Å². The molecule has 25 heavy (non-hydrogen) atoms. The van der Waals surface area contributed by atoms with Crippen molar-refractivity contribution in [2.75, 3.05) is 6.54 Å². The summed E-state index contributed by atoms with van der Waals surface area (Å²) in [6, 6.07) is 7.63. The van der Waals surface area contributed by atoms with Crippen LogP contribution in [0.5, 0.6) is 5.75 Å². The van der Waals surface area contributed by atoms with Crippen LogP contribution in [-0.2, 0) is 0 Å². The second-order valence-electron chi connectivity index (χ2n) is 5.90. The lowest BCUT2D eigenvalue weighted by Crippen LogP contribution is -2.27. The van der Waals surface area contributed by atoms with Crippen LogP contribution in [0.3, 0.4) is 0 Å². The zero-order valence-corrected chi connectivity index (χ0v) is 15.3. The van der Waals surface area contributed by atoms with Crippen molar-refractivity contribution in [3.63, 3.8) is 0 Å². The molecule has 0 saturated heterocycles. The van der Waals surface area contributed by atoms with Crippen molar-refractivity contribution < 1.29 is 9.53 Å². The molecule has 0 aliphatic rings. The van der Waals surface area contributed by atoms with Crippen LogP contribution in [0, 0.1) is 0 Å². The summed E-state index contributed by atoms with van der Waals surface area (Å²) in [5.41, 5.74) is 1.03. The van der Waals surface area contributed by atoms with E-state index in [4.69, 9.17) is 4.74 Å². The third-order valence-electron chi connectivity index (χ3n) is 3.48. The van der Waals surface area contributed by atoms with Gasteiger partial charge in [-0.05, 0) is 36.8 Å². The highest BCUT2D eigenvalue weighted by molar-refractivity contribution is 5.70. The summed E-state index contributed by atoms with van der Waals surface area (Å²) >= 11 is 0.